The van der Waals surface area contributed by atoms with E-state index in [1.807, 2.05) is 13.8 Å². The topological polar surface area (TPSA) is 41.9 Å². The molecule has 0 bridgehead atoms. The summed E-state index contributed by atoms with van der Waals surface area (Å²) in [5.41, 5.74) is 1.42. The largest absolute Gasteiger partial charge is 0.390 e. The van der Waals surface area contributed by atoms with Gasteiger partial charge in [-0.3, -0.25) is 4.79 Å². The third-order valence-corrected chi connectivity index (χ3v) is 3.47. The van der Waals surface area contributed by atoms with Gasteiger partial charge in [0.05, 0.1) is 12.3 Å². The molecule has 4 nitrogen and oxygen atoms in total. The van der Waals surface area contributed by atoms with E-state index < -0.39 is 0 Å². The van der Waals surface area contributed by atoms with Crippen LogP contribution >= 0.6 is 0 Å². The van der Waals surface area contributed by atoms with E-state index in [9.17, 15) is 9.18 Å². The van der Waals surface area contributed by atoms with Crippen molar-refractivity contribution in [3.63, 3.8) is 0 Å². The lowest BCUT2D eigenvalue weighted by Crippen LogP contribution is -2.40. The molecule has 1 aliphatic heterocycles. The van der Waals surface area contributed by atoms with Gasteiger partial charge < -0.3 is 9.74 Å². The van der Waals surface area contributed by atoms with Crippen molar-refractivity contribution in [1.29, 1.82) is 0 Å². The quantitative estimate of drug-likeness (QED) is 0.758. The summed E-state index contributed by atoms with van der Waals surface area (Å²) in [4.78, 5) is 19.3. The second kappa shape index (κ2) is 7.20. The maximum atomic E-state index is 13.3. The van der Waals surface area contributed by atoms with Gasteiger partial charge in [-0.15, -0.1) is 6.58 Å². The average molecular weight is 304 g/mol. The summed E-state index contributed by atoms with van der Waals surface area (Å²) >= 11 is 0. The molecule has 0 saturated heterocycles. The van der Waals surface area contributed by atoms with Gasteiger partial charge in [-0.1, -0.05) is 37.2 Å². The smallest absolute Gasteiger partial charge is 0.225 e. The zero-order chi connectivity index (χ0) is 16.1. The Kier molecular flexibility index (Phi) is 5.31. The number of benzene rings is 1. The molecule has 0 aromatic heterocycles. The number of hydrogen-bond acceptors (Lipinski definition) is 3. The highest BCUT2D eigenvalue weighted by Gasteiger charge is 2.27. The van der Waals surface area contributed by atoms with Gasteiger partial charge in [0.25, 0.3) is 0 Å². The van der Waals surface area contributed by atoms with E-state index in [1.54, 1.807) is 23.1 Å². The molecule has 1 amide bonds. The molecule has 1 atom stereocenters. The molecule has 1 aliphatic rings. The Morgan fingerprint density at radius 3 is 3.00 bits per heavy atom. The monoisotopic (exact) mass is 304 g/mol. The summed E-state index contributed by atoms with van der Waals surface area (Å²) in [6.07, 6.45) is 2.05. The Bertz CT molecular complexity index is 584. The number of nitrogens with zero attached hydrogens (tertiary/aromatic N) is 2. The van der Waals surface area contributed by atoms with Crippen molar-refractivity contribution in [3.05, 3.63) is 48.3 Å². The second-order valence-electron chi connectivity index (χ2n) is 5.67. The molecule has 5 heteroatoms. The van der Waals surface area contributed by atoms with Crippen LogP contribution in [0, 0.1) is 11.7 Å². The first kappa shape index (κ1) is 16.2. The molecule has 1 heterocycles. The van der Waals surface area contributed by atoms with Crippen LogP contribution in [0.1, 0.15) is 25.8 Å². The van der Waals surface area contributed by atoms with Gasteiger partial charge in [-0.05, 0) is 12.1 Å². The summed E-state index contributed by atoms with van der Waals surface area (Å²) < 4.78 is 13.3. The summed E-state index contributed by atoms with van der Waals surface area (Å²) in [6.45, 7) is 8.34. The number of rotatable bonds is 6. The lowest BCUT2D eigenvalue weighted by Gasteiger charge is -2.25. The molecule has 118 valence electrons. The molecule has 0 unspecified atom stereocenters. The molecular formula is C17H21FN2O2. The van der Waals surface area contributed by atoms with E-state index in [2.05, 4.69) is 11.7 Å². The first-order valence-electron chi connectivity index (χ1n) is 7.39. The summed E-state index contributed by atoms with van der Waals surface area (Å²) in [7, 11) is 0. The zero-order valence-corrected chi connectivity index (χ0v) is 13.0. The molecule has 1 aromatic rings. The van der Waals surface area contributed by atoms with E-state index in [-0.39, 0.29) is 23.7 Å². The fourth-order valence-electron chi connectivity index (χ4n) is 2.39. The predicted molar refractivity (Wildman–Crippen MR) is 84.0 cm³/mol. The highest BCUT2D eigenvalue weighted by Crippen LogP contribution is 2.19. The van der Waals surface area contributed by atoms with Crippen molar-refractivity contribution in [3.8, 4) is 0 Å². The van der Waals surface area contributed by atoms with Crippen LogP contribution < -0.4 is 0 Å². The van der Waals surface area contributed by atoms with E-state index in [0.717, 1.165) is 0 Å². The van der Waals surface area contributed by atoms with Crippen LogP contribution in [0.5, 0.6) is 0 Å². The number of amides is 1. The van der Waals surface area contributed by atoms with E-state index in [1.165, 1.54) is 12.1 Å². The van der Waals surface area contributed by atoms with Crippen molar-refractivity contribution in [1.82, 2.24) is 4.90 Å². The second-order valence-corrected chi connectivity index (χ2v) is 5.67. The van der Waals surface area contributed by atoms with Crippen LogP contribution in [0.25, 0.3) is 0 Å². The maximum Gasteiger partial charge on any atom is 0.225 e. The highest BCUT2D eigenvalue weighted by atomic mass is 19.1. The Balaban J connectivity index is 1.99. The lowest BCUT2D eigenvalue weighted by atomic mass is 10.0. The molecule has 1 aromatic carbocycles. The molecule has 0 radical (unpaired) electrons. The summed E-state index contributed by atoms with van der Waals surface area (Å²) in [5.74, 6) is -0.320. The first-order valence-corrected chi connectivity index (χ1v) is 7.39. The van der Waals surface area contributed by atoms with Crippen molar-refractivity contribution in [2.24, 2.45) is 11.1 Å². The van der Waals surface area contributed by atoms with Crippen LogP contribution in [-0.2, 0) is 9.63 Å². The number of hydrogen-bond donors (Lipinski definition) is 0. The Morgan fingerprint density at radius 2 is 2.36 bits per heavy atom. The van der Waals surface area contributed by atoms with Crippen molar-refractivity contribution in [2.75, 3.05) is 13.1 Å². The minimum Gasteiger partial charge on any atom is -0.390 e. The minimum atomic E-state index is -0.299. The third-order valence-electron chi connectivity index (χ3n) is 3.47. The molecule has 0 fully saturated rings. The predicted octanol–water partition coefficient (Wildman–Crippen LogP) is 2.99. The molecule has 0 saturated carbocycles. The molecule has 0 aliphatic carbocycles. The third kappa shape index (κ3) is 3.93. The lowest BCUT2D eigenvalue weighted by molar-refractivity contribution is -0.135. The van der Waals surface area contributed by atoms with Crippen molar-refractivity contribution in [2.45, 2.75) is 26.4 Å². The minimum absolute atomic E-state index is 0.0581. The van der Waals surface area contributed by atoms with Gasteiger partial charge in [0.2, 0.25) is 5.91 Å². The fourth-order valence-corrected chi connectivity index (χ4v) is 2.39. The zero-order valence-electron chi connectivity index (χ0n) is 13.0. The van der Waals surface area contributed by atoms with Gasteiger partial charge in [-0.2, -0.15) is 0 Å². The van der Waals surface area contributed by atoms with Gasteiger partial charge >= 0.3 is 0 Å². The van der Waals surface area contributed by atoms with E-state index in [4.69, 9.17) is 4.84 Å². The Morgan fingerprint density at radius 1 is 1.59 bits per heavy atom. The normalized spacial score (nSPS) is 17.1. The van der Waals surface area contributed by atoms with Crippen molar-refractivity contribution >= 4 is 11.6 Å². The molecule has 0 N–H and O–H groups in total. The van der Waals surface area contributed by atoms with E-state index >= 15 is 0 Å². The Labute approximate surface area is 130 Å². The summed E-state index contributed by atoms with van der Waals surface area (Å²) in [6, 6.07) is 6.27. The molecule has 0 spiro atoms. The van der Waals surface area contributed by atoms with Crippen LogP contribution in [-0.4, -0.2) is 35.7 Å². The highest BCUT2D eigenvalue weighted by molar-refractivity contribution is 6.01. The van der Waals surface area contributed by atoms with Gasteiger partial charge in [0, 0.05) is 24.4 Å². The maximum absolute atomic E-state index is 13.3. The molecular weight excluding hydrogens is 283 g/mol. The Hall–Kier alpha value is -2.17. The standard InChI is InChI=1S/C17H21FN2O2/c1-4-8-20(17(21)12(2)3)11-15-10-16(19-22-15)13-6-5-7-14(18)9-13/h4-7,9,12,15H,1,8,10-11H2,2-3H3/t15-/m1/s1. The van der Waals surface area contributed by atoms with Gasteiger partial charge in [-0.25, -0.2) is 4.39 Å². The van der Waals surface area contributed by atoms with Crippen molar-refractivity contribution < 1.29 is 14.0 Å². The first-order chi connectivity index (χ1) is 10.5. The van der Waals surface area contributed by atoms with Crippen LogP contribution in [0.15, 0.2) is 42.1 Å². The summed E-state index contributed by atoms with van der Waals surface area (Å²) in [5, 5.41) is 4.03. The van der Waals surface area contributed by atoms with Crippen LogP contribution in [0.3, 0.4) is 0 Å². The molecule has 2 rings (SSSR count). The van der Waals surface area contributed by atoms with E-state index in [0.29, 0.717) is 30.8 Å². The fraction of sp³-hybridized carbons (Fsp3) is 0.412. The van der Waals surface area contributed by atoms with Crippen LogP contribution in [0.4, 0.5) is 4.39 Å². The number of halogens is 1. The number of carbonyl (C=O) groups is 1. The molecule has 22 heavy (non-hydrogen) atoms. The van der Waals surface area contributed by atoms with Gasteiger partial charge in [0.15, 0.2) is 6.10 Å². The van der Waals surface area contributed by atoms with Crippen LogP contribution in [0.2, 0.25) is 0 Å². The average Bonchev–Trinajstić information content (AvgIpc) is 2.94. The van der Waals surface area contributed by atoms with Gasteiger partial charge in [0.1, 0.15) is 5.82 Å². The number of carbonyl (C=O) groups excluding carboxylic acids is 1. The SMILES string of the molecule is C=CCN(C[C@H]1CC(c2cccc(F)c2)=NO1)C(=O)C(C)C. The number of oxime groups is 1.